The van der Waals surface area contributed by atoms with Crippen molar-refractivity contribution >= 4 is 27.6 Å². The van der Waals surface area contributed by atoms with Gasteiger partial charge in [-0.2, -0.15) is 0 Å². The van der Waals surface area contributed by atoms with E-state index in [2.05, 4.69) is 0 Å². The Labute approximate surface area is 79.9 Å². The molecule has 0 aliphatic rings. The third-order valence-electron chi connectivity index (χ3n) is 1.50. The fraction of sp³-hybridized carbons (Fsp3) is 0.143. The van der Waals surface area contributed by atoms with Crippen molar-refractivity contribution in [3.05, 3.63) is 30.3 Å². The van der Waals surface area contributed by atoms with E-state index in [1.807, 2.05) is 0 Å². The molecular weight excluding hydrogens is 174 g/mol. The Morgan fingerprint density at radius 2 is 1.75 bits per heavy atom. The molecule has 0 aliphatic heterocycles. The maximum absolute atomic E-state index is 12.6. The van der Waals surface area contributed by atoms with E-state index in [0.717, 1.165) is 17.7 Å². The Morgan fingerprint density at radius 3 is 2.17 bits per heavy atom. The molecule has 0 saturated carbocycles. The number of hydrogen-bond donors (Lipinski definition) is 0. The second-order valence-electron chi connectivity index (χ2n) is 2.40. The summed E-state index contributed by atoms with van der Waals surface area (Å²) in [6.45, 7) is 0. The first-order valence-corrected chi connectivity index (χ1v) is 5.03. The third kappa shape index (κ3) is 1.89. The number of rotatable bonds is 2. The van der Waals surface area contributed by atoms with Gasteiger partial charge in [-0.25, -0.2) is 0 Å². The summed E-state index contributed by atoms with van der Waals surface area (Å²) in [5.74, 6) is 0. The van der Waals surface area contributed by atoms with Crippen molar-refractivity contribution in [1.29, 1.82) is 0 Å². The molecule has 1 unspecified atom stereocenters. The van der Waals surface area contributed by atoms with Crippen LogP contribution in [0, 0.1) is 0 Å². The van der Waals surface area contributed by atoms with Crippen molar-refractivity contribution in [1.82, 2.24) is 0 Å². The second kappa shape index (κ2) is 3.61. The van der Waals surface area contributed by atoms with Crippen LogP contribution in [0.25, 0.3) is 0 Å². The number of halogens is 1. The Kier molecular flexibility index (Phi) is 2.94. The zero-order chi connectivity index (χ0) is 9.19. The first-order chi connectivity index (χ1) is 5.55. The van der Waals surface area contributed by atoms with Crippen molar-refractivity contribution in [2.75, 3.05) is 0 Å². The van der Waals surface area contributed by atoms with Crippen LogP contribution >= 0.6 is 0 Å². The van der Waals surface area contributed by atoms with E-state index in [1.54, 1.807) is 18.2 Å². The SMILES string of the molecule is [Li][CH](F)S(=O)(=O)c1ccccc1. The van der Waals surface area contributed by atoms with Gasteiger partial charge in [0.05, 0.1) is 0 Å². The Bertz CT molecular complexity index is 347. The van der Waals surface area contributed by atoms with E-state index in [4.69, 9.17) is 0 Å². The van der Waals surface area contributed by atoms with Gasteiger partial charge in [-0.15, -0.1) is 0 Å². The van der Waals surface area contributed by atoms with Gasteiger partial charge in [-0.3, -0.25) is 0 Å². The summed E-state index contributed by atoms with van der Waals surface area (Å²) in [5, 5.41) is 0. The van der Waals surface area contributed by atoms with Crippen LogP contribution in [0.5, 0.6) is 0 Å². The van der Waals surface area contributed by atoms with Gasteiger partial charge >= 0.3 is 79.8 Å². The van der Waals surface area contributed by atoms with Gasteiger partial charge in [0.1, 0.15) is 0 Å². The van der Waals surface area contributed by atoms with Crippen LogP contribution in [-0.4, -0.2) is 30.3 Å². The number of benzene rings is 1. The van der Waals surface area contributed by atoms with Gasteiger partial charge < -0.3 is 0 Å². The third-order valence-corrected chi connectivity index (χ3v) is 3.28. The molecule has 5 heteroatoms. The van der Waals surface area contributed by atoms with E-state index in [9.17, 15) is 12.8 Å². The molecule has 0 fully saturated rings. The van der Waals surface area contributed by atoms with Crippen LogP contribution in [0.2, 0.25) is 0 Å². The molecule has 0 aromatic heterocycles. The molecule has 2 nitrogen and oxygen atoms in total. The first-order valence-electron chi connectivity index (χ1n) is 3.48. The molecule has 1 atom stereocenters. The normalized spacial score (nSPS) is 14.2. The van der Waals surface area contributed by atoms with Gasteiger partial charge in [-0.1, -0.05) is 0 Å². The number of sulfone groups is 1. The van der Waals surface area contributed by atoms with Gasteiger partial charge in [0, 0.05) is 0 Å². The molecule has 60 valence electrons. The molecular formula is C7H6FLiO2S. The zero-order valence-corrected chi connectivity index (χ0v) is 7.38. The van der Waals surface area contributed by atoms with Gasteiger partial charge in [-0.05, 0) is 0 Å². The molecule has 0 heterocycles. The summed E-state index contributed by atoms with van der Waals surface area (Å²) in [5.41, 5.74) is 0. The zero-order valence-electron chi connectivity index (χ0n) is 6.57. The number of alkyl halides is 1. The van der Waals surface area contributed by atoms with E-state index < -0.39 is 14.0 Å². The van der Waals surface area contributed by atoms with Crippen LogP contribution < -0.4 is 0 Å². The molecule has 0 amide bonds. The first kappa shape index (κ1) is 9.78. The molecule has 0 aliphatic carbocycles. The van der Waals surface area contributed by atoms with Crippen LogP contribution in [0.15, 0.2) is 35.2 Å². The molecule has 1 aromatic rings. The molecule has 0 N–H and O–H groups in total. The summed E-state index contributed by atoms with van der Waals surface area (Å²) >= 11 is 1.02. The fourth-order valence-electron chi connectivity index (χ4n) is 0.798. The molecule has 1 aromatic carbocycles. The van der Waals surface area contributed by atoms with Crippen molar-refractivity contribution in [3.8, 4) is 0 Å². The number of hydrogen-bond acceptors (Lipinski definition) is 2. The quantitative estimate of drug-likeness (QED) is 0.633. The van der Waals surface area contributed by atoms with E-state index >= 15 is 0 Å². The monoisotopic (exact) mass is 180 g/mol. The van der Waals surface area contributed by atoms with Crippen molar-refractivity contribution in [2.24, 2.45) is 0 Å². The molecule has 0 radical (unpaired) electrons. The van der Waals surface area contributed by atoms with E-state index in [-0.39, 0.29) is 4.90 Å². The average molecular weight is 180 g/mol. The van der Waals surface area contributed by atoms with Crippen LogP contribution in [0.4, 0.5) is 4.39 Å². The second-order valence-corrected chi connectivity index (χ2v) is 4.61. The molecule has 12 heavy (non-hydrogen) atoms. The molecule has 0 saturated heterocycles. The summed E-state index contributed by atoms with van der Waals surface area (Å²) in [4.78, 5) is 0.0278. The summed E-state index contributed by atoms with van der Waals surface area (Å²) < 4.78 is 33.0. The maximum atomic E-state index is 12.6. The predicted molar refractivity (Wildman–Crippen MR) is 44.3 cm³/mol. The van der Waals surface area contributed by atoms with Crippen LogP contribution in [0.3, 0.4) is 0 Å². The van der Waals surface area contributed by atoms with Gasteiger partial charge in [0.15, 0.2) is 0 Å². The van der Waals surface area contributed by atoms with Crippen molar-refractivity contribution in [2.45, 2.75) is 9.07 Å². The Hall–Kier alpha value is -0.303. The Balaban J connectivity index is 3.17. The molecule has 0 bridgehead atoms. The minimum absolute atomic E-state index is 0.0278. The van der Waals surface area contributed by atoms with Gasteiger partial charge in [0.25, 0.3) is 0 Å². The van der Waals surface area contributed by atoms with Crippen LogP contribution in [-0.2, 0) is 9.84 Å². The average Bonchev–Trinajstić information content (AvgIpc) is 2.06. The molecule has 0 spiro atoms. The van der Waals surface area contributed by atoms with Crippen LogP contribution in [0.1, 0.15) is 0 Å². The summed E-state index contributed by atoms with van der Waals surface area (Å²) in [6.07, 6.45) is 0. The minimum atomic E-state index is -3.74. The summed E-state index contributed by atoms with van der Waals surface area (Å²) in [7, 11) is -3.74. The summed E-state index contributed by atoms with van der Waals surface area (Å²) in [6, 6.07) is 7.57. The predicted octanol–water partition coefficient (Wildman–Crippen LogP) is 0.882. The van der Waals surface area contributed by atoms with Crippen molar-refractivity contribution < 1.29 is 12.8 Å². The standard InChI is InChI=1S/C7H6FO2S.Li/c8-6-11(9,10)7-4-2-1-3-5-7;/h1-6H;. The molecule has 1 rings (SSSR count). The fourth-order valence-corrected chi connectivity index (χ4v) is 1.71. The Morgan fingerprint density at radius 1 is 1.25 bits per heavy atom. The topological polar surface area (TPSA) is 34.1 Å². The van der Waals surface area contributed by atoms with E-state index in [1.165, 1.54) is 12.1 Å². The van der Waals surface area contributed by atoms with Crippen molar-refractivity contribution in [3.63, 3.8) is 0 Å². The van der Waals surface area contributed by atoms with E-state index in [0.29, 0.717) is 0 Å². The van der Waals surface area contributed by atoms with Gasteiger partial charge in [0.2, 0.25) is 0 Å².